The van der Waals surface area contributed by atoms with Gasteiger partial charge in [0.25, 0.3) is 5.56 Å². The second-order valence-corrected chi connectivity index (χ2v) is 7.42. The van der Waals surface area contributed by atoms with Gasteiger partial charge in [-0.3, -0.25) is 13.8 Å². The van der Waals surface area contributed by atoms with Crippen LogP contribution in [-0.4, -0.2) is 38.5 Å². The lowest BCUT2D eigenvalue weighted by molar-refractivity contribution is 0.340. The zero-order chi connectivity index (χ0) is 23.1. The number of para-hydroxylation sites is 1. The molecular formula is C24H19FN4O4. The molecule has 5 aromatic rings. The highest BCUT2D eigenvalue weighted by molar-refractivity contribution is 5.83. The SMILES string of the molecule is COc1cc(-c2nnc3n(Cc4ccc(F)cc4)c(=O)c4ccccc4n23)cc(OC)c1O. The van der Waals surface area contributed by atoms with Gasteiger partial charge >= 0.3 is 0 Å². The molecule has 0 atom stereocenters. The summed E-state index contributed by atoms with van der Waals surface area (Å²) in [5.41, 5.74) is 1.71. The summed E-state index contributed by atoms with van der Waals surface area (Å²) in [4.78, 5) is 13.3. The normalized spacial score (nSPS) is 11.2. The lowest BCUT2D eigenvalue weighted by Gasteiger charge is -2.13. The van der Waals surface area contributed by atoms with Gasteiger partial charge in [0.15, 0.2) is 17.3 Å². The summed E-state index contributed by atoms with van der Waals surface area (Å²) >= 11 is 0. The fourth-order valence-corrected chi connectivity index (χ4v) is 3.88. The standard InChI is InChI=1S/C24H19FN4O4/c1-32-19-11-15(12-20(33-2)21(19)30)22-26-27-24-28(13-14-7-9-16(25)10-8-14)23(31)17-5-3-4-6-18(17)29(22)24/h3-12,30H,13H2,1-2H3. The van der Waals surface area contributed by atoms with E-state index in [1.54, 1.807) is 40.8 Å². The molecule has 8 nitrogen and oxygen atoms in total. The molecule has 0 amide bonds. The van der Waals surface area contributed by atoms with Crippen molar-refractivity contribution in [1.29, 1.82) is 0 Å². The summed E-state index contributed by atoms with van der Waals surface area (Å²) in [5, 5.41) is 19.4. The van der Waals surface area contributed by atoms with E-state index in [9.17, 15) is 14.3 Å². The molecule has 0 aliphatic carbocycles. The van der Waals surface area contributed by atoms with Gasteiger partial charge in [0.05, 0.1) is 31.7 Å². The Hall–Kier alpha value is -4.40. The zero-order valence-electron chi connectivity index (χ0n) is 17.8. The number of ether oxygens (including phenoxy) is 2. The van der Waals surface area contributed by atoms with Crippen LogP contribution in [0.5, 0.6) is 17.2 Å². The quantitative estimate of drug-likeness (QED) is 0.444. The molecule has 0 spiro atoms. The molecule has 0 fully saturated rings. The number of halogens is 1. The number of benzene rings is 3. The molecule has 0 aliphatic rings. The Kier molecular flexibility index (Phi) is 4.93. The Bertz CT molecular complexity index is 1530. The molecule has 0 saturated carbocycles. The number of rotatable bonds is 5. The molecular weight excluding hydrogens is 427 g/mol. The first-order valence-corrected chi connectivity index (χ1v) is 10.1. The first-order chi connectivity index (χ1) is 16.0. The second-order valence-electron chi connectivity index (χ2n) is 7.42. The maximum atomic E-state index is 13.4. The Balaban J connectivity index is 1.81. The van der Waals surface area contributed by atoms with Gasteiger partial charge in [0, 0.05) is 5.56 Å². The van der Waals surface area contributed by atoms with Gasteiger partial charge < -0.3 is 14.6 Å². The minimum atomic E-state index is -0.352. The van der Waals surface area contributed by atoms with Crippen LogP contribution in [0.25, 0.3) is 28.1 Å². The van der Waals surface area contributed by atoms with Crippen molar-refractivity contribution in [2.24, 2.45) is 0 Å². The molecule has 0 aliphatic heterocycles. The second kappa shape index (κ2) is 7.94. The van der Waals surface area contributed by atoms with Gasteiger partial charge in [-0.1, -0.05) is 24.3 Å². The lowest BCUT2D eigenvalue weighted by atomic mass is 10.1. The average Bonchev–Trinajstić information content (AvgIpc) is 3.28. The molecule has 9 heteroatoms. The fourth-order valence-electron chi connectivity index (χ4n) is 3.88. The average molecular weight is 446 g/mol. The highest BCUT2D eigenvalue weighted by Crippen LogP contribution is 2.40. The van der Waals surface area contributed by atoms with Crippen LogP contribution in [0.2, 0.25) is 0 Å². The van der Waals surface area contributed by atoms with Crippen molar-refractivity contribution in [3.05, 3.63) is 82.4 Å². The molecule has 3 aromatic carbocycles. The van der Waals surface area contributed by atoms with E-state index in [-0.39, 0.29) is 35.2 Å². The lowest BCUT2D eigenvalue weighted by Crippen LogP contribution is -2.24. The first kappa shape index (κ1) is 20.5. The molecule has 0 saturated heterocycles. The molecule has 1 N–H and O–H groups in total. The fraction of sp³-hybridized carbons (Fsp3) is 0.125. The van der Waals surface area contributed by atoms with Crippen molar-refractivity contribution >= 4 is 16.7 Å². The molecule has 166 valence electrons. The highest BCUT2D eigenvalue weighted by Gasteiger charge is 2.20. The molecule has 33 heavy (non-hydrogen) atoms. The van der Waals surface area contributed by atoms with Crippen LogP contribution in [-0.2, 0) is 6.54 Å². The molecule has 0 radical (unpaired) electrons. The number of fused-ring (bicyclic) bond motifs is 3. The van der Waals surface area contributed by atoms with Crippen LogP contribution in [0.1, 0.15) is 5.56 Å². The molecule has 2 aromatic heterocycles. The van der Waals surface area contributed by atoms with Crippen LogP contribution in [0.4, 0.5) is 4.39 Å². The van der Waals surface area contributed by atoms with Crippen molar-refractivity contribution in [2.75, 3.05) is 14.2 Å². The summed E-state index contributed by atoms with van der Waals surface area (Å²) < 4.78 is 27.2. The van der Waals surface area contributed by atoms with E-state index in [0.717, 1.165) is 5.56 Å². The summed E-state index contributed by atoms with van der Waals surface area (Å²) in [5.74, 6) is 0.704. The maximum Gasteiger partial charge on any atom is 0.263 e. The number of hydrogen-bond acceptors (Lipinski definition) is 6. The number of methoxy groups -OCH3 is 2. The Morgan fingerprint density at radius 3 is 2.30 bits per heavy atom. The Labute approximate surface area is 187 Å². The monoisotopic (exact) mass is 446 g/mol. The minimum Gasteiger partial charge on any atom is -0.502 e. The predicted octanol–water partition coefficient (Wildman–Crippen LogP) is 3.62. The zero-order valence-corrected chi connectivity index (χ0v) is 17.8. The van der Waals surface area contributed by atoms with Gasteiger partial charge in [0.2, 0.25) is 11.5 Å². The molecule has 2 heterocycles. The van der Waals surface area contributed by atoms with Gasteiger partial charge in [-0.25, -0.2) is 4.39 Å². The van der Waals surface area contributed by atoms with E-state index in [1.807, 2.05) is 12.1 Å². The Morgan fingerprint density at radius 1 is 0.970 bits per heavy atom. The number of phenols is 1. The van der Waals surface area contributed by atoms with Crippen molar-refractivity contribution in [3.8, 4) is 28.6 Å². The number of aromatic nitrogens is 4. The summed E-state index contributed by atoms with van der Waals surface area (Å²) in [6.45, 7) is 0.188. The third-order valence-electron chi connectivity index (χ3n) is 5.50. The van der Waals surface area contributed by atoms with E-state index in [2.05, 4.69) is 10.2 Å². The number of phenolic OH excluding ortho intramolecular Hbond substituents is 1. The van der Waals surface area contributed by atoms with Gasteiger partial charge in [-0.15, -0.1) is 10.2 Å². The van der Waals surface area contributed by atoms with Crippen molar-refractivity contribution in [1.82, 2.24) is 19.2 Å². The summed E-state index contributed by atoms with van der Waals surface area (Å²) in [7, 11) is 2.88. The van der Waals surface area contributed by atoms with Gasteiger partial charge in [0.1, 0.15) is 5.82 Å². The van der Waals surface area contributed by atoms with E-state index < -0.39 is 0 Å². The van der Waals surface area contributed by atoms with E-state index in [1.165, 1.54) is 30.9 Å². The first-order valence-electron chi connectivity index (χ1n) is 10.1. The number of aromatic hydroxyl groups is 1. The van der Waals surface area contributed by atoms with Crippen molar-refractivity contribution in [2.45, 2.75) is 6.54 Å². The third-order valence-corrected chi connectivity index (χ3v) is 5.50. The molecule has 0 bridgehead atoms. The smallest absolute Gasteiger partial charge is 0.263 e. The van der Waals surface area contributed by atoms with Crippen LogP contribution < -0.4 is 15.0 Å². The van der Waals surface area contributed by atoms with Gasteiger partial charge in [-0.2, -0.15) is 0 Å². The molecule has 0 unspecified atom stereocenters. The predicted molar refractivity (Wildman–Crippen MR) is 120 cm³/mol. The molecule has 5 rings (SSSR count). The van der Waals surface area contributed by atoms with Crippen molar-refractivity contribution < 1.29 is 19.0 Å². The number of hydrogen-bond donors (Lipinski definition) is 1. The van der Waals surface area contributed by atoms with Gasteiger partial charge in [-0.05, 0) is 42.0 Å². The topological polar surface area (TPSA) is 90.9 Å². The minimum absolute atomic E-state index is 0.129. The number of nitrogens with zero attached hydrogens (tertiary/aromatic N) is 4. The van der Waals surface area contributed by atoms with Crippen molar-refractivity contribution in [3.63, 3.8) is 0 Å². The summed E-state index contributed by atoms with van der Waals surface area (Å²) in [6.07, 6.45) is 0. The highest BCUT2D eigenvalue weighted by atomic mass is 19.1. The van der Waals surface area contributed by atoms with E-state index in [0.29, 0.717) is 28.1 Å². The van der Waals surface area contributed by atoms with Crippen LogP contribution in [0, 0.1) is 5.82 Å². The van der Waals surface area contributed by atoms with Crippen LogP contribution in [0.15, 0.2) is 65.5 Å². The third kappa shape index (κ3) is 3.34. The van der Waals surface area contributed by atoms with E-state index >= 15 is 0 Å². The van der Waals surface area contributed by atoms with Crippen LogP contribution >= 0.6 is 0 Å². The summed E-state index contributed by atoms with van der Waals surface area (Å²) in [6, 6.07) is 16.4. The Morgan fingerprint density at radius 2 is 1.64 bits per heavy atom. The van der Waals surface area contributed by atoms with Crippen LogP contribution in [0.3, 0.4) is 0 Å². The maximum absolute atomic E-state index is 13.4. The van der Waals surface area contributed by atoms with E-state index in [4.69, 9.17) is 9.47 Å². The largest absolute Gasteiger partial charge is 0.502 e.